The van der Waals surface area contributed by atoms with Crippen LogP contribution in [0.25, 0.3) is 0 Å². The lowest BCUT2D eigenvalue weighted by Gasteiger charge is -2.34. The van der Waals surface area contributed by atoms with Crippen molar-refractivity contribution in [1.29, 1.82) is 0 Å². The number of ether oxygens (including phenoxy) is 1. The lowest BCUT2D eigenvalue weighted by Crippen LogP contribution is -2.45. The van der Waals surface area contributed by atoms with Crippen LogP contribution in [-0.4, -0.2) is 37.4 Å². The molecular formula is C12H19NO5S. The minimum Gasteiger partial charge on any atom is -0.444 e. The van der Waals surface area contributed by atoms with Crippen LogP contribution in [0.4, 0.5) is 4.79 Å². The normalized spacial score (nSPS) is 27.8. The topological polar surface area (TPSA) is 76.1 Å². The van der Waals surface area contributed by atoms with Crippen LogP contribution < -0.4 is 0 Å². The van der Waals surface area contributed by atoms with Gasteiger partial charge < -0.3 is 8.92 Å². The second kappa shape index (κ2) is 5.13. The van der Waals surface area contributed by atoms with Crippen LogP contribution in [0.2, 0.25) is 0 Å². The van der Waals surface area contributed by atoms with Gasteiger partial charge >= 0.3 is 17.5 Å². The molecule has 0 aromatic rings. The van der Waals surface area contributed by atoms with E-state index in [0.717, 1.165) is 12.8 Å². The average Bonchev–Trinajstić information content (AvgIpc) is 2.47. The maximum absolute atomic E-state index is 12.1. The van der Waals surface area contributed by atoms with Crippen molar-refractivity contribution in [3.8, 4) is 0 Å². The van der Waals surface area contributed by atoms with Gasteiger partial charge in [-0.25, -0.2) is 4.79 Å². The van der Waals surface area contributed by atoms with Gasteiger partial charge in [0.15, 0.2) is 0 Å². The second-order valence-corrected chi connectivity index (χ2v) is 6.42. The zero-order valence-corrected chi connectivity index (χ0v) is 12.1. The molecule has 2 aliphatic heterocycles. The molecule has 2 aliphatic rings. The van der Waals surface area contributed by atoms with E-state index in [0.29, 0.717) is 12.2 Å². The molecule has 0 aromatic carbocycles. The van der Waals surface area contributed by atoms with Crippen molar-refractivity contribution >= 4 is 17.5 Å². The first-order valence-electron chi connectivity index (χ1n) is 6.27. The third kappa shape index (κ3) is 3.48. The third-order valence-corrected chi connectivity index (χ3v) is 3.50. The first kappa shape index (κ1) is 14.3. The average molecular weight is 289 g/mol. The van der Waals surface area contributed by atoms with Crippen LogP contribution in [0.15, 0.2) is 11.8 Å². The number of nitrogens with zero attached hydrogens (tertiary/aromatic N) is 1. The van der Waals surface area contributed by atoms with Crippen molar-refractivity contribution < 1.29 is 22.5 Å². The number of hydrogen-bond donors (Lipinski definition) is 1. The molecule has 2 bridgehead atoms. The summed E-state index contributed by atoms with van der Waals surface area (Å²) < 4.78 is 29.6. The molecule has 19 heavy (non-hydrogen) atoms. The summed E-state index contributed by atoms with van der Waals surface area (Å²) in [6.07, 6.45) is 3.55. The fourth-order valence-electron chi connectivity index (χ4n) is 2.54. The Kier molecular flexibility index (Phi) is 3.87. The summed E-state index contributed by atoms with van der Waals surface area (Å²) in [6, 6.07) is -0.115. The lowest BCUT2D eigenvalue weighted by atomic mass is 10.1. The lowest BCUT2D eigenvalue weighted by molar-refractivity contribution is 0.0155. The molecule has 2 heterocycles. The largest absolute Gasteiger partial charge is 0.444 e. The summed E-state index contributed by atoms with van der Waals surface area (Å²) in [4.78, 5) is 13.8. The Balaban J connectivity index is 2.08. The molecular weight excluding hydrogens is 270 g/mol. The van der Waals surface area contributed by atoms with Gasteiger partial charge in [-0.1, -0.05) is 0 Å². The summed E-state index contributed by atoms with van der Waals surface area (Å²) >= 11 is -2.31. The zero-order valence-electron chi connectivity index (χ0n) is 11.3. The molecule has 108 valence electrons. The number of hydrogen-bond acceptors (Lipinski definition) is 4. The van der Waals surface area contributed by atoms with E-state index >= 15 is 0 Å². The molecule has 0 aromatic heterocycles. The number of carbonyl (C=O) groups excluding carboxylic acids is 1. The molecule has 6 nitrogen and oxygen atoms in total. The van der Waals surface area contributed by atoms with Gasteiger partial charge in [0.1, 0.15) is 11.4 Å². The molecule has 1 amide bonds. The van der Waals surface area contributed by atoms with Gasteiger partial charge in [0.05, 0.1) is 6.04 Å². The van der Waals surface area contributed by atoms with Crippen molar-refractivity contribution in [1.82, 2.24) is 4.90 Å². The molecule has 1 saturated heterocycles. The predicted octanol–water partition coefficient (Wildman–Crippen LogP) is 2.20. The van der Waals surface area contributed by atoms with E-state index in [-0.39, 0.29) is 18.2 Å². The van der Waals surface area contributed by atoms with Gasteiger partial charge in [-0.3, -0.25) is 9.45 Å². The molecule has 7 heteroatoms. The van der Waals surface area contributed by atoms with Crippen LogP contribution in [0.3, 0.4) is 0 Å². The highest BCUT2D eigenvalue weighted by Gasteiger charge is 2.42. The number of carbonyl (C=O) groups is 1. The van der Waals surface area contributed by atoms with Gasteiger partial charge in [-0.15, -0.1) is 0 Å². The monoisotopic (exact) mass is 289 g/mol. The molecule has 0 aliphatic carbocycles. The molecule has 3 unspecified atom stereocenters. The highest BCUT2D eigenvalue weighted by Crippen LogP contribution is 2.36. The van der Waals surface area contributed by atoms with Crippen LogP contribution >= 0.6 is 0 Å². The van der Waals surface area contributed by atoms with E-state index in [2.05, 4.69) is 0 Å². The Morgan fingerprint density at radius 3 is 2.68 bits per heavy atom. The molecule has 0 spiro atoms. The molecule has 0 saturated carbocycles. The summed E-state index contributed by atoms with van der Waals surface area (Å²) in [5.41, 5.74) is -0.524. The van der Waals surface area contributed by atoms with Crippen molar-refractivity contribution in [2.24, 2.45) is 0 Å². The van der Waals surface area contributed by atoms with E-state index < -0.39 is 17.0 Å². The molecule has 1 fully saturated rings. The predicted molar refractivity (Wildman–Crippen MR) is 69.4 cm³/mol. The first-order valence-corrected chi connectivity index (χ1v) is 7.30. The van der Waals surface area contributed by atoms with Gasteiger partial charge in [0.2, 0.25) is 0 Å². The van der Waals surface area contributed by atoms with Crippen molar-refractivity contribution in [3.05, 3.63) is 11.8 Å². The summed E-state index contributed by atoms with van der Waals surface area (Å²) in [5, 5.41) is 0. The van der Waals surface area contributed by atoms with Crippen LogP contribution in [0, 0.1) is 0 Å². The van der Waals surface area contributed by atoms with E-state index in [1.54, 1.807) is 11.0 Å². The van der Waals surface area contributed by atoms with E-state index in [4.69, 9.17) is 13.5 Å². The third-order valence-electron chi connectivity index (χ3n) is 3.14. The van der Waals surface area contributed by atoms with E-state index in [1.807, 2.05) is 20.8 Å². The van der Waals surface area contributed by atoms with Gasteiger partial charge in [-0.2, -0.15) is 4.21 Å². The Bertz CT molecular complexity index is 428. The standard InChI is InChI=1S/C12H19NO5S/c1-12(2,3)17-11(14)13-8-4-5-9(13)7-10(6-8)18-19(15)16/h6,8-9H,4-5,7H2,1-3H3,(H,15,16). The van der Waals surface area contributed by atoms with E-state index in [9.17, 15) is 9.00 Å². The number of amides is 1. The Labute approximate surface area is 115 Å². The first-order chi connectivity index (χ1) is 8.76. The van der Waals surface area contributed by atoms with Gasteiger partial charge in [0.25, 0.3) is 0 Å². The summed E-state index contributed by atoms with van der Waals surface area (Å²) in [5.74, 6) is 0.480. The molecule has 3 atom stereocenters. The van der Waals surface area contributed by atoms with Gasteiger partial charge in [0, 0.05) is 12.5 Å². The SMILES string of the molecule is CC(C)(C)OC(=O)N1C2C=C(OS(=O)O)CC1CC2. The Morgan fingerprint density at radius 1 is 1.47 bits per heavy atom. The fourth-order valence-corrected chi connectivity index (χ4v) is 2.85. The maximum atomic E-state index is 12.1. The quantitative estimate of drug-likeness (QED) is 0.789. The van der Waals surface area contributed by atoms with Crippen molar-refractivity contribution in [2.45, 2.75) is 57.7 Å². The highest BCUT2D eigenvalue weighted by atomic mass is 32.2. The molecule has 0 radical (unpaired) electrons. The van der Waals surface area contributed by atoms with Crippen molar-refractivity contribution in [3.63, 3.8) is 0 Å². The molecule has 2 rings (SSSR count). The van der Waals surface area contributed by atoms with E-state index in [1.165, 1.54) is 0 Å². The number of fused-ring (bicyclic) bond motifs is 2. The number of rotatable bonds is 2. The Hall–Kier alpha value is -1.08. The summed E-state index contributed by atoms with van der Waals surface area (Å²) in [6.45, 7) is 5.49. The van der Waals surface area contributed by atoms with Crippen LogP contribution in [-0.2, 0) is 20.3 Å². The molecule has 1 N–H and O–H groups in total. The smallest absolute Gasteiger partial charge is 0.411 e. The van der Waals surface area contributed by atoms with Gasteiger partial charge in [-0.05, 0) is 39.7 Å². The minimum atomic E-state index is -2.31. The Morgan fingerprint density at radius 2 is 2.16 bits per heavy atom. The zero-order chi connectivity index (χ0) is 14.2. The second-order valence-electron chi connectivity index (χ2n) is 5.82. The maximum Gasteiger partial charge on any atom is 0.411 e. The highest BCUT2D eigenvalue weighted by molar-refractivity contribution is 7.74. The van der Waals surface area contributed by atoms with Crippen LogP contribution in [0.5, 0.6) is 0 Å². The van der Waals surface area contributed by atoms with Crippen LogP contribution in [0.1, 0.15) is 40.0 Å². The summed E-state index contributed by atoms with van der Waals surface area (Å²) in [7, 11) is 0. The fraction of sp³-hybridized carbons (Fsp3) is 0.750. The van der Waals surface area contributed by atoms with Crippen molar-refractivity contribution in [2.75, 3.05) is 0 Å². The minimum absolute atomic E-state index is 0.0107.